The molecular formula is C21H18F2N2O4S. The zero-order valence-electron chi connectivity index (χ0n) is 16.4. The summed E-state index contributed by atoms with van der Waals surface area (Å²) in [6, 6.07) is 6.50. The van der Waals surface area contributed by atoms with Crippen LogP contribution in [0.25, 0.3) is 17.3 Å². The molecule has 9 heteroatoms. The molecule has 1 heterocycles. The van der Waals surface area contributed by atoms with Crippen LogP contribution in [0, 0.1) is 11.6 Å². The van der Waals surface area contributed by atoms with Crippen LogP contribution >= 0.6 is 11.3 Å². The fourth-order valence-corrected chi connectivity index (χ4v) is 3.38. The van der Waals surface area contributed by atoms with E-state index in [4.69, 9.17) is 14.2 Å². The Hall–Kier alpha value is -3.46. The van der Waals surface area contributed by atoms with Crippen LogP contribution in [0.1, 0.15) is 5.56 Å². The Bertz CT molecular complexity index is 1070. The van der Waals surface area contributed by atoms with E-state index in [1.807, 2.05) is 0 Å². The second-order valence-electron chi connectivity index (χ2n) is 5.94. The number of nitrogens with one attached hydrogen (secondary N) is 1. The van der Waals surface area contributed by atoms with Crippen molar-refractivity contribution in [2.75, 3.05) is 26.6 Å². The Morgan fingerprint density at radius 3 is 2.40 bits per heavy atom. The summed E-state index contributed by atoms with van der Waals surface area (Å²) in [5, 5.41) is 4.39. The summed E-state index contributed by atoms with van der Waals surface area (Å²) in [7, 11) is 4.50. The fourth-order valence-electron chi connectivity index (χ4n) is 2.67. The van der Waals surface area contributed by atoms with E-state index in [1.165, 1.54) is 32.8 Å². The first-order valence-electron chi connectivity index (χ1n) is 8.65. The highest BCUT2D eigenvalue weighted by molar-refractivity contribution is 7.14. The van der Waals surface area contributed by atoms with E-state index < -0.39 is 17.5 Å². The number of thiazole rings is 1. The molecule has 30 heavy (non-hydrogen) atoms. The van der Waals surface area contributed by atoms with E-state index in [1.54, 1.807) is 18.2 Å². The monoisotopic (exact) mass is 432 g/mol. The van der Waals surface area contributed by atoms with Gasteiger partial charge in [0, 0.05) is 17.0 Å². The first-order chi connectivity index (χ1) is 14.4. The van der Waals surface area contributed by atoms with E-state index in [-0.39, 0.29) is 16.4 Å². The third-order valence-corrected chi connectivity index (χ3v) is 4.81. The minimum absolute atomic E-state index is 0.0275. The molecule has 0 fully saturated rings. The number of benzene rings is 2. The number of rotatable bonds is 7. The van der Waals surface area contributed by atoms with Gasteiger partial charge < -0.3 is 14.2 Å². The summed E-state index contributed by atoms with van der Waals surface area (Å²) in [6.45, 7) is 0. The molecule has 1 aromatic heterocycles. The zero-order chi connectivity index (χ0) is 21.7. The zero-order valence-corrected chi connectivity index (χ0v) is 17.2. The molecule has 6 nitrogen and oxygen atoms in total. The van der Waals surface area contributed by atoms with E-state index in [0.717, 1.165) is 29.5 Å². The summed E-state index contributed by atoms with van der Waals surface area (Å²) in [5.74, 6) is -0.247. The Morgan fingerprint density at radius 2 is 1.77 bits per heavy atom. The lowest BCUT2D eigenvalue weighted by molar-refractivity contribution is -0.111. The molecule has 1 amide bonds. The molecule has 3 aromatic rings. The van der Waals surface area contributed by atoms with Gasteiger partial charge in [-0.15, -0.1) is 11.3 Å². The quantitative estimate of drug-likeness (QED) is 0.545. The van der Waals surface area contributed by atoms with Crippen LogP contribution in [0.4, 0.5) is 13.9 Å². The van der Waals surface area contributed by atoms with Crippen LogP contribution in [-0.2, 0) is 4.79 Å². The molecule has 0 aliphatic heterocycles. The highest BCUT2D eigenvalue weighted by Crippen LogP contribution is 2.38. The van der Waals surface area contributed by atoms with E-state index in [0.29, 0.717) is 22.8 Å². The minimum atomic E-state index is -0.595. The maximum Gasteiger partial charge on any atom is 0.250 e. The van der Waals surface area contributed by atoms with Gasteiger partial charge in [0.15, 0.2) is 16.6 Å². The molecule has 2 aromatic carbocycles. The second-order valence-corrected chi connectivity index (χ2v) is 6.80. The molecule has 0 saturated heterocycles. The number of nitrogens with zero attached hydrogens (tertiary/aromatic N) is 1. The van der Waals surface area contributed by atoms with Crippen LogP contribution in [0.5, 0.6) is 17.2 Å². The topological polar surface area (TPSA) is 69.7 Å². The highest BCUT2D eigenvalue weighted by Gasteiger charge is 2.13. The molecule has 0 saturated carbocycles. The second kappa shape index (κ2) is 9.36. The highest BCUT2D eigenvalue weighted by atomic mass is 32.1. The number of hydrogen-bond acceptors (Lipinski definition) is 6. The van der Waals surface area contributed by atoms with E-state index in [9.17, 15) is 13.6 Å². The van der Waals surface area contributed by atoms with Crippen molar-refractivity contribution in [2.45, 2.75) is 0 Å². The molecule has 0 aliphatic carbocycles. The number of hydrogen-bond donors (Lipinski definition) is 1. The third-order valence-electron chi connectivity index (χ3n) is 4.05. The maximum absolute atomic E-state index is 13.9. The van der Waals surface area contributed by atoms with Crippen molar-refractivity contribution < 1.29 is 27.8 Å². The Morgan fingerprint density at radius 1 is 1.07 bits per heavy atom. The number of ether oxygens (including phenoxy) is 3. The smallest absolute Gasteiger partial charge is 0.250 e. The van der Waals surface area contributed by atoms with Crippen molar-refractivity contribution in [3.63, 3.8) is 0 Å². The first kappa shape index (κ1) is 21.3. The molecule has 3 rings (SSSR count). The van der Waals surface area contributed by atoms with Crippen molar-refractivity contribution in [1.29, 1.82) is 0 Å². The molecular weight excluding hydrogens is 414 g/mol. The number of methoxy groups -OCH3 is 3. The SMILES string of the molecule is COc1cc(/C=C/C(=O)Nc2nc(-c3cc(F)ccc3F)cs2)cc(OC)c1OC. The van der Waals surface area contributed by atoms with Gasteiger partial charge in [-0.1, -0.05) is 0 Å². The van der Waals surface area contributed by atoms with Gasteiger partial charge in [-0.05, 0) is 42.0 Å². The fraction of sp³-hybridized carbons (Fsp3) is 0.143. The molecule has 0 spiro atoms. The lowest BCUT2D eigenvalue weighted by Gasteiger charge is -2.12. The Balaban J connectivity index is 1.74. The summed E-state index contributed by atoms with van der Waals surface area (Å²) >= 11 is 1.10. The van der Waals surface area contributed by atoms with Gasteiger partial charge in [-0.25, -0.2) is 13.8 Å². The number of carbonyl (C=O) groups excluding carboxylic acids is 1. The van der Waals surface area contributed by atoms with Gasteiger partial charge in [0.2, 0.25) is 11.7 Å². The minimum Gasteiger partial charge on any atom is -0.493 e. The molecule has 0 aliphatic rings. The van der Waals surface area contributed by atoms with Crippen LogP contribution < -0.4 is 19.5 Å². The largest absolute Gasteiger partial charge is 0.493 e. The number of aromatic nitrogens is 1. The van der Waals surface area contributed by atoms with Crippen LogP contribution in [0.15, 0.2) is 41.8 Å². The van der Waals surface area contributed by atoms with Gasteiger partial charge in [0.05, 0.1) is 27.0 Å². The summed E-state index contributed by atoms with van der Waals surface area (Å²) in [5.41, 5.74) is 0.918. The first-order valence-corrected chi connectivity index (χ1v) is 9.53. The average Bonchev–Trinajstić information content (AvgIpc) is 3.21. The van der Waals surface area contributed by atoms with Gasteiger partial charge in [-0.2, -0.15) is 0 Å². The van der Waals surface area contributed by atoms with Gasteiger partial charge in [0.25, 0.3) is 0 Å². The summed E-state index contributed by atoms with van der Waals surface area (Å²) in [6.07, 6.45) is 2.88. The normalized spacial score (nSPS) is 10.8. The lowest BCUT2D eigenvalue weighted by atomic mass is 10.1. The summed E-state index contributed by atoms with van der Waals surface area (Å²) in [4.78, 5) is 16.4. The molecule has 0 unspecified atom stereocenters. The third kappa shape index (κ3) is 4.74. The molecule has 0 radical (unpaired) electrons. The summed E-state index contributed by atoms with van der Waals surface area (Å²) < 4.78 is 43.1. The number of carbonyl (C=O) groups is 1. The maximum atomic E-state index is 13.9. The predicted molar refractivity (Wildman–Crippen MR) is 111 cm³/mol. The van der Waals surface area contributed by atoms with Gasteiger partial charge in [0.1, 0.15) is 11.6 Å². The predicted octanol–water partition coefficient (Wildman–Crippen LogP) is 4.77. The number of halogens is 2. The lowest BCUT2D eigenvalue weighted by Crippen LogP contribution is -2.07. The van der Waals surface area contributed by atoms with Crippen LogP contribution in [-0.4, -0.2) is 32.2 Å². The average molecular weight is 432 g/mol. The standard InChI is InChI=1S/C21H18F2N2O4S/c1-27-17-8-12(9-18(28-2)20(17)29-3)4-7-19(26)25-21-24-16(11-30-21)14-10-13(22)5-6-15(14)23/h4-11H,1-3H3,(H,24,25,26)/b7-4+. The number of anilines is 1. The molecule has 156 valence electrons. The van der Waals surface area contributed by atoms with E-state index >= 15 is 0 Å². The van der Waals surface area contributed by atoms with Crippen molar-refractivity contribution in [3.8, 4) is 28.5 Å². The van der Waals surface area contributed by atoms with Gasteiger partial charge in [-0.3, -0.25) is 10.1 Å². The Labute approximate surface area is 175 Å². The van der Waals surface area contributed by atoms with Crippen LogP contribution in [0.2, 0.25) is 0 Å². The number of amides is 1. The molecule has 0 atom stereocenters. The molecule has 1 N–H and O–H groups in total. The van der Waals surface area contributed by atoms with Crippen molar-refractivity contribution >= 4 is 28.5 Å². The molecule has 0 bridgehead atoms. The van der Waals surface area contributed by atoms with Crippen molar-refractivity contribution in [1.82, 2.24) is 4.98 Å². The van der Waals surface area contributed by atoms with Gasteiger partial charge >= 0.3 is 0 Å². The van der Waals surface area contributed by atoms with E-state index in [2.05, 4.69) is 10.3 Å². The van der Waals surface area contributed by atoms with Crippen molar-refractivity contribution in [3.05, 3.63) is 59.0 Å². The van der Waals surface area contributed by atoms with Crippen molar-refractivity contribution in [2.24, 2.45) is 0 Å². The van der Waals surface area contributed by atoms with Crippen LogP contribution in [0.3, 0.4) is 0 Å². The Kier molecular flexibility index (Phi) is 6.63.